The third kappa shape index (κ3) is 2.72. The van der Waals surface area contributed by atoms with Crippen molar-refractivity contribution in [3.05, 3.63) is 36.7 Å². The quantitative estimate of drug-likeness (QED) is 0.917. The van der Waals surface area contributed by atoms with E-state index in [9.17, 15) is 0 Å². The van der Waals surface area contributed by atoms with Gasteiger partial charge in [0.15, 0.2) is 0 Å². The Morgan fingerprint density at radius 3 is 2.55 bits per heavy atom. The third-order valence-corrected chi connectivity index (χ3v) is 3.44. The second kappa shape index (κ2) is 5.88. The predicted molar refractivity (Wildman–Crippen MR) is 79.1 cm³/mol. The maximum atomic E-state index is 5.24. The van der Waals surface area contributed by atoms with Gasteiger partial charge >= 0.3 is 0 Å². The van der Waals surface area contributed by atoms with Gasteiger partial charge in [-0.2, -0.15) is 0 Å². The number of hydrogen-bond donors (Lipinski definition) is 1. The Morgan fingerprint density at radius 2 is 1.85 bits per heavy atom. The van der Waals surface area contributed by atoms with Crippen LogP contribution in [0, 0.1) is 0 Å². The highest BCUT2D eigenvalue weighted by Gasteiger charge is 2.12. The molecule has 0 aliphatic carbocycles. The first-order chi connectivity index (χ1) is 9.86. The minimum Gasteiger partial charge on any atom is -0.497 e. The molecule has 0 amide bonds. The van der Waals surface area contributed by atoms with E-state index in [-0.39, 0.29) is 0 Å². The summed E-state index contributed by atoms with van der Waals surface area (Å²) in [4.78, 5) is 11.2. The molecule has 0 saturated carbocycles. The fourth-order valence-corrected chi connectivity index (χ4v) is 2.30. The maximum absolute atomic E-state index is 5.24. The first kappa shape index (κ1) is 12.9. The Bertz CT molecular complexity index is 564. The van der Waals surface area contributed by atoms with Crippen molar-refractivity contribution >= 4 is 5.95 Å². The Kier molecular flexibility index (Phi) is 3.78. The van der Waals surface area contributed by atoms with E-state index in [0.29, 0.717) is 0 Å². The lowest BCUT2D eigenvalue weighted by Gasteiger charge is -2.27. The van der Waals surface area contributed by atoms with Gasteiger partial charge < -0.3 is 15.0 Å². The van der Waals surface area contributed by atoms with Crippen molar-refractivity contribution in [3.63, 3.8) is 0 Å². The van der Waals surface area contributed by atoms with Crippen LogP contribution in [0.5, 0.6) is 5.75 Å². The van der Waals surface area contributed by atoms with Crippen molar-refractivity contribution in [1.82, 2.24) is 15.3 Å². The molecule has 1 saturated heterocycles. The first-order valence-corrected chi connectivity index (χ1v) is 6.79. The van der Waals surface area contributed by atoms with E-state index in [0.717, 1.165) is 49.0 Å². The molecule has 0 bridgehead atoms. The van der Waals surface area contributed by atoms with Crippen LogP contribution in [0.3, 0.4) is 0 Å². The fraction of sp³-hybridized carbons (Fsp3) is 0.333. The zero-order valence-electron chi connectivity index (χ0n) is 11.5. The number of nitrogens with one attached hydrogen (secondary N) is 1. The van der Waals surface area contributed by atoms with Crippen LogP contribution in [0.1, 0.15) is 0 Å². The molecule has 3 rings (SSSR count). The molecule has 5 nitrogen and oxygen atoms in total. The number of benzene rings is 1. The van der Waals surface area contributed by atoms with Crippen LogP contribution < -0.4 is 15.0 Å². The van der Waals surface area contributed by atoms with Crippen LogP contribution in [-0.2, 0) is 0 Å². The van der Waals surface area contributed by atoms with Crippen LogP contribution in [0.2, 0.25) is 0 Å². The van der Waals surface area contributed by atoms with Gasteiger partial charge in [-0.05, 0) is 17.7 Å². The van der Waals surface area contributed by atoms with E-state index >= 15 is 0 Å². The Balaban J connectivity index is 1.81. The minimum atomic E-state index is 0.804. The number of aromatic nitrogens is 2. The molecule has 1 aliphatic heterocycles. The standard InChI is InChI=1S/C15H18N4O/c1-20-14-4-2-3-12(9-14)13-10-17-15(18-11-13)19-7-5-16-6-8-19/h2-4,9-11,16H,5-8H2,1H3. The summed E-state index contributed by atoms with van der Waals surface area (Å²) in [5.74, 6) is 1.65. The number of methoxy groups -OCH3 is 1. The molecular formula is C15H18N4O. The number of nitrogens with zero attached hydrogens (tertiary/aromatic N) is 3. The molecule has 0 atom stereocenters. The molecule has 0 radical (unpaired) electrons. The molecule has 5 heteroatoms. The average molecular weight is 270 g/mol. The van der Waals surface area contributed by atoms with Crippen molar-refractivity contribution in [3.8, 4) is 16.9 Å². The Hall–Kier alpha value is -2.14. The van der Waals surface area contributed by atoms with E-state index in [4.69, 9.17) is 4.74 Å². The van der Waals surface area contributed by atoms with Crippen molar-refractivity contribution in [2.75, 3.05) is 38.2 Å². The van der Waals surface area contributed by atoms with Gasteiger partial charge in [0, 0.05) is 44.1 Å². The zero-order chi connectivity index (χ0) is 13.8. The number of ether oxygens (including phenoxy) is 1. The largest absolute Gasteiger partial charge is 0.497 e. The third-order valence-electron chi connectivity index (χ3n) is 3.44. The average Bonchev–Trinajstić information content (AvgIpc) is 2.56. The van der Waals surface area contributed by atoms with E-state index in [2.05, 4.69) is 20.2 Å². The van der Waals surface area contributed by atoms with E-state index < -0.39 is 0 Å². The molecule has 20 heavy (non-hydrogen) atoms. The van der Waals surface area contributed by atoms with Gasteiger partial charge in [-0.1, -0.05) is 12.1 Å². The smallest absolute Gasteiger partial charge is 0.225 e. The van der Waals surface area contributed by atoms with Gasteiger partial charge in [0.25, 0.3) is 0 Å². The van der Waals surface area contributed by atoms with Crippen LogP contribution in [0.15, 0.2) is 36.7 Å². The fourth-order valence-electron chi connectivity index (χ4n) is 2.30. The molecule has 1 N–H and O–H groups in total. The molecule has 2 heterocycles. The topological polar surface area (TPSA) is 50.3 Å². The Labute approximate surface area is 118 Å². The number of hydrogen-bond acceptors (Lipinski definition) is 5. The summed E-state index contributed by atoms with van der Waals surface area (Å²) in [6.45, 7) is 3.89. The van der Waals surface area contributed by atoms with Crippen molar-refractivity contribution < 1.29 is 4.74 Å². The monoisotopic (exact) mass is 270 g/mol. The molecular weight excluding hydrogens is 252 g/mol. The summed E-state index contributed by atoms with van der Waals surface area (Å²) < 4.78 is 5.24. The van der Waals surface area contributed by atoms with Gasteiger partial charge in [-0.15, -0.1) is 0 Å². The first-order valence-electron chi connectivity index (χ1n) is 6.79. The summed E-state index contributed by atoms with van der Waals surface area (Å²) >= 11 is 0. The highest BCUT2D eigenvalue weighted by molar-refractivity contribution is 5.63. The second-order valence-electron chi connectivity index (χ2n) is 4.74. The molecule has 104 valence electrons. The SMILES string of the molecule is COc1cccc(-c2cnc(N3CCNCC3)nc2)c1. The normalized spacial score (nSPS) is 15.2. The molecule has 1 aromatic carbocycles. The van der Waals surface area contributed by atoms with Crippen LogP contribution in [-0.4, -0.2) is 43.3 Å². The molecule has 1 aliphatic rings. The lowest BCUT2D eigenvalue weighted by Crippen LogP contribution is -2.44. The predicted octanol–water partition coefficient (Wildman–Crippen LogP) is 1.56. The van der Waals surface area contributed by atoms with E-state index in [1.807, 2.05) is 36.7 Å². The highest BCUT2D eigenvalue weighted by Crippen LogP contribution is 2.23. The van der Waals surface area contributed by atoms with E-state index in [1.54, 1.807) is 7.11 Å². The number of anilines is 1. The molecule has 0 spiro atoms. The lowest BCUT2D eigenvalue weighted by molar-refractivity contribution is 0.415. The minimum absolute atomic E-state index is 0.804. The van der Waals surface area contributed by atoms with Gasteiger partial charge in [-0.25, -0.2) is 9.97 Å². The van der Waals surface area contributed by atoms with Gasteiger partial charge in [-0.3, -0.25) is 0 Å². The van der Waals surface area contributed by atoms with Gasteiger partial charge in [0.1, 0.15) is 5.75 Å². The number of piperazine rings is 1. The Morgan fingerprint density at radius 1 is 1.10 bits per heavy atom. The summed E-state index contributed by atoms with van der Waals surface area (Å²) in [6.07, 6.45) is 3.75. The van der Waals surface area contributed by atoms with Crippen molar-refractivity contribution in [2.45, 2.75) is 0 Å². The molecule has 1 aromatic heterocycles. The summed E-state index contributed by atoms with van der Waals surface area (Å²) in [7, 11) is 1.67. The summed E-state index contributed by atoms with van der Waals surface area (Å²) in [6, 6.07) is 7.92. The second-order valence-corrected chi connectivity index (χ2v) is 4.74. The lowest BCUT2D eigenvalue weighted by atomic mass is 10.1. The van der Waals surface area contributed by atoms with Crippen molar-refractivity contribution in [2.24, 2.45) is 0 Å². The summed E-state index contributed by atoms with van der Waals surface area (Å²) in [5.41, 5.74) is 2.07. The van der Waals surface area contributed by atoms with Gasteiger partial charge in [0.2, 0.25) is 5.95 Å². The molecule has 2 aromatic rings. The molecule has 0 unspecified atom stereocenters. The molecule has 1 fully saturated rings. The van der Waals surface area contributed by atoms with Crippen LogP contribution in [0.25, 0.3) is 11.1 Å². The highest BCUT2D eigenvalue weighted by atomic mass is 16.5. The van der Waals surface area contributed by atoms with E-state index in [1.165, 1.54) is 0 Å². The van der Waals surface area contributed by atoms with Crippen molar-refractivity contribution in [1.29, 1.82) is 0 Å². The number of rotatable bonds is 3. The maximum Gasteiger partial charge on any atom is 0.225 e. The van der Waals surface area contributed by atoms with Crippen LogP contribution in [0.4, 0.5) is 5.95 Å². The van der Waals surface area contributed by atoms with Gasteiger partial charge in [0.05, 0.1) is 7.11 Å². The van der Waals surface area contributed by atoms with Crippen LogP contribution >= 0.6 is 0 Å². The zero-order valence-corrected chi connectivity index (χ0v) is 11.5. The summed E-state index contributed by atoms with van der Waals surface area (Å²) in [5, 5.41) is 3.32.